The number of rotatable bonds is 5. The standard InChI is InChI=1S/C25H18FIN2O3/c1-2-32-25(31)17-7-11-19(12-8-17)29-23(14-9-16-5-3-4-6-21(16)26)28-22-13-10-18(27)15-20(22)24(29)30/h3-15H,2H2,1H3/b14-9+. The Balaban J connectivity index is 1.88. The highest BCUT2D eigenvalue weighted by Crippen LogP contribution is 2.19. The number of fused-ring (bicyclic) bond motifs is 1. The highest BCUT2D eigenvalue weighted by atomic mass is 127. The third kappa shape index (κ3) is 4.47. The summed E-state index contributed by atoms with van der Waals surface area (Å²) in [5.41, 5.74) is 1.59. The molecular weight excluding hydrogens is 522 g/mol. The number of hydrogen-bond donors (Lipinski definition) is 0. The van der Waals surface area contributed by atoms with Crippen LogP contribution in [-0.4, -0.2) is 22.1 Å². The average Bonchev–Trinajstić information content (AvgIpc) is 2.79. The molecule has 7 heteroatoms. The van der Waals surface area contributed by atoms with Crippen molar-refractivity contribution in [2.24, 2.45) is 0 Å². The zero-order valence-electron chi connectivity index (χ0n) is 17.1. The van der Waals surface area contributed by atoms with Crippen LogP contribution < -0.4 is 5.56 Å². The number of aromatic nitrogens is 2. The van der Waals surface area contributed by atoms with Gasteiger partial charge < -0.3 is 4.74 Å². The van der Waals surface area contributed by atoms with Gasteiger partial charge in [0.1, 0.15) is 11.6 Å². The Morgan fingerprint density at radius 2 is 1.84 bits per heavy atom. The minimum absolute atomic E-state index is 0.259. The van der Waals surface area contributed by atoms with Gasteiger partial charge in [0.05, 0.1) is 28.8 Å². The molecular formula is C25H18FIN2O3. The molecule has 4 aromatic rings. The van der Waals surface area contributed by atoms with E-state index in [0.29, 0.717) is 33.5 Å². The molecule has 1 heterocycles. The van der Waals surface area contributed by atoms with Gasteiger partial charge in [0.15, 0.2) is 0 Å². The normalized spacial score (nSPS) is 11.2. The predicted molar refractivity (Wildman–Crippen MR) is 131 cm³/mol. The molecule has 160 valence electrons. The highest BCUT2D eigenvalue weighted by Gasteiger charge is 2.13. The molecule has 0 N–H and O–H groups in total. The maximum atomic E-state index is 14.1. The number of benzene rings is 3. The van der Waals surface area contributed by atoms with Crippen LogP contribution in [0.4, 0.5) is 4.39 Å². The first-order chi connectivity index (χ1) is 15.5. The number of esters is 1. The molecule has 0 unspecified atom stereocenters. The lowest BCUT2D eigenvalue weighted by Crippen LogP contribution is -2.22. The molecule has 0 atom stereocenters. The van der Waals surface area contributed by atoms with Crippen LogP contribution in [0.15, 0.2) is 71.5 Å². The molecule has 0 amide bonds. The Labute approximate surface area is 197 Å². The Hall–Kier alpha value is -3.33. The topological polar surface area (TPSA) is 61.2 Å². The van der Waals surface area contributed by atoms with Gasteiger partial charge in [-0.1, -0.05) is 18.2 Å². The molecule has 1 aromatic heterocycles. The Bertz CT molecular complexity index is 1390. The van der Waals surface area contributed by atoms with Crippen molar-refractivity contribution in [3.05, 3.63) is 103 Å². The summed E-state index contributed by atoms with van der Waals surface area (Å²) < 4.78 is 21.5. The van der Waals surface area contributed by atoms with Crippen LogP contribution in [0.25, 0.3) is 28.7 Å². The van der Waals surface area contributed by atoms with Gasteiger partial charge in [-0.2, -0.15) is 0 Å². The molecule has 0 aliphatic carbocycles. The van der Waals surface area contributed by atoms with Crippen molar-refractivity contribution in [3.63, 3.8) is 0 Å². The van der Waals surface area contributed by atoms with Gasteiger partial charge in [-0.15, -0.1) is 0 Å². The summed E-state index contributed by atoms with van der Waals surface area (Å²) in [7, 11) is 0. The smallest absolute Gasteiger partial charge is 0.338 e. The molecule has 0 radical (unpaired) electrons. The lowest BCUT2D eigenvalue weighted by Gasteiger charge is -2.12. The van der Waals surface area contributed by atoms with Crippen LogP contribution in [-0.2, 0) is 4.74 Å². The quantitative estimate of drug-likeness (QED) is 0.249. The molecule has 32 heavy (non-hydrogen) atoms. The fourth-order valence-electron chi connectivity index (χ4n) is 3.27. The van der Waals surface area contributed by atoms with Crippen molar-refractivity contribution in [3.8, 4) is 5.69 Å². The van der Waals surface area contributed by atoms with Crippen LogP contribution >= 0.6 is 22.6 Å². The molecule has 0 spiro atoms. The second-order valence-corrected chi connectivity index (χ2v) is 8.14. The van der Waals surface area contributed by atoms with E-state index in [1.807, 2.05) is 6.07 Å². The largest absolute Gasteiger partial charge is 0.462 e. The first-order valence-corrected chi connectivity index (χ1v) is 11.0. The van der Waals surface area contributed by atoms with Crippen molar-refractivity contribution in [1.82, 2.24) is 9.55 Å². The molecule has 0 saturated carbocycles. The van der Waals surface area contributed by atoms with E-state index in [4.69, 9.17) is 4.74 Å². The van der Waals surface area contributed by atoms with Crippen molar-refractivity contribution < 1.29 is 13.9 Å². The molecule has 0 aliphatic heterocycles. The number of carbonyl (C=O) groups excluding carboxylic acids is 1. The van der Waals surface area contributed by atoms with Crippen molar-refractivity contribution in [2.45, 2.75) is 6.92 Å². The summed E-state index contributed by atoms with van der Waals surface area (Å²) >= 11 is 2.14. The number of ether oxygens (including phenoxy) is 1. The number of halogens is 2. The molecule has 0 aliphatic rings. The molecule has 5 nitrogen and oxygen atoms in total. The Morgan fingerprint density at radius 1 is 1.09 bits per heavy atom. The number of nitrogens with zero attached hydrogens (tertiary/aromatic N) is 2. The van der Waals surface area contributed by atoms with Gasteiger partial charge in [-0.05, 0) is 90.2 Å². The van der Waals surface area contributed by atoms with Crippen LogP contribution in [0.2, 0.25) is 0 Å². The van der Waals surface area contributed by atoms with Crippen molar-refractivity contribution in [2.75, 3.05) is 6.61 Å². The van der Waals surface area contributed by atoms with Crippen LogP contribution in [0, 0.1) is 9.39 Å². The highest BCUT2D eigenvalue weighted by molar-refractivity contribution is 14.1. The van der Waals surface area contributed by atoms with E-state index in [1.54, 1.807) is 73.7 Å². The summed E-state index contributed by atoms with van der Waals surface area (Å²) in [6.45, 7) is 2.01. The van der Waals surface area contributed by atoms with Gasteiger partial charge in [0, 0.05) is 9.13 Å². The molecule has 0 fully saturated rings. The monoisotopic (exact) mass is 540 g/mol. The van der Waals surface area contributed by atoms with Gasteiger partial charge >= 0.3 is 5.97 Å². The summed E-state index contributed by atoms with van der Waals surface area (Å²) in [5.74, 6) is -0.458. The lowest BCUT2D eigenvalue weighted by atomic mass is 10.1. The zero-order chi connectivity index (χ0) is 22.7. The minimum atomic E-state index is -0.433. The fourth-order valence-corrected chi connectivity index (χ4v) is 3.76. The van der Waals surface area contributed by atoms with Gasteiger partial charge in [-0.3, -0.25) is 9.36 Å². The number of hydrogen-bond acceptors (Lipinski definition) is 4. The maximum Gasteiger partial charge on any atom is 0.338 e. The second kappa shape index (κ2) is 9.44. The predicted octanol–water partition coefficient (Wildman–Crippen LogP) is 5.48. The third-order valence-electron chi connectivity index (χ3n) is 4.81. The Kier molecular flexibility index (Phi) is 6.45. The summed E-state index contributed by atoms with van der Waals surface area (Å²) in [4.78, 5) is 30.0. The van der Waals surface area contributed by atoms with E-state index < -0.39 is 5.97 Å². The van der Waals surface area contributed by atoms with Gasteiger partial charge in [0.2, 0.25) is 0 Å². The van der Waals surface area contributed by atoms with E-state index in [2.05, 4.69) is 27.6 Å². The van der Waals surface area contributed by atoms with E-state index in [-0.39, 0.29) is 18.0 Å². The molecule has 0 saturated heterocycles. The summed E-state index contributed by atoms with van der Waals surface area (Å²) in [6, 6.07) is 18.3. The van der Waals surface area contributed by atoms with Crippen LogP contribution in [0.5, 0.6) is 0 Å². The van der Waals surface area contributed by atoms with E-state index >= 15 is 0 Å². The minimum Gasteiger partial charge on any atom is -0.462 e. The molecule has 0 bridgehead atoms. The first kappa shape index (κ1) is 21.9. The van der Waals surface area contributed by atoms with Gasteiger partial charge in [-0.25, -0.2) is 14.2 Å². The molecule has 3 aromatic carbocycles. The van der Waals surface area contributed by atoms with Crippen molar-refractivity contribution in [1.29, 1.82) is 0 Å². The summed E-state index contributed by atoms with van der Waals surface area (Å²) in [5, 5.41) is 0.467. The van der Waals surface area contributed by atoms with Crippen LogP contribution in [0.3, 0.4) is 0 Å². The first-order valence-electron chi connectivity index (χ1n) is 9.90. The fraction of sp³-hybridized carbons (Fsp3) is 0.0800. The SMILES string of the molecule is CCOC(=O)c1ccc(-n2c(/C=C/c3ccccc3F)nc3ccc(I)cc3c2=O)cc1. The van der Waals surface area contributed by atoms with Crippen LogP contribution in [0.1, 0.15) is 28.7 Å². The average molecular weight is 540 g/mol. The Morgan fingerprint density at radius 3 is 2.56 bits per heavy atom. The van der Waals surface area contributed by atoms with Gasteiger partial charge in [0.25, 0.3) is 5.56 Å². The maximum absolute atomic E-state index is 14.1. The third-order valence-corrected chi connectivity index (χ3v) is 5.48. The zero-order valence-corrected chi connectivity index (χ0v) is 19.2. The second-order valence-electron chi connectivity index (χ2n) is 6.89. The number of carbonyl (C=O) groups is 1. The van der Waals surface area contributed by atoms with Crippen molar-refractivity contribution >= 4 is 51.6 Å². The van der Waals surface area contributed by atoms with E-state index in [9.17, 15) is 14.0 Å². The lowest BCUT2D eigenvalue weighted by molar-refractivity contribution is 0.0526. The van der Waals surface area contributed by atoms with E-state index in [1.165, 1.54) is 10.6 Å². The molecule has 4 rings (SSSR count). The van der Waals surface area contributed by atoms with E-state index in [0.717, 1.165) is 3.57 Å². The summed E-state index contributed by atoms with van der Waals surface area (Å²) in [6.07, 6.45) is 3.19.